The van der Waals surface area contributed by atoms with E-state index in [4.69, 9.17) is 13.6 Å². The molecule has 1 aromatic carbocycles. The van der Waals surface area contributed by atoms with Crippen LogP contribution in [0, 0.1) is 20.8 Å². The second-order valence-corrected chi connectivity index (χ2v) is 5.64. The SMILES string of the molecule is Cc1cc(=O)oc(C)c1C(=O)OCc1nc(-c2ccccc2)oc1C. The standard InChI is InChI=1S/C19H17NO5/c1-11-9-16(21)24-13(3)17(11)19(22)23-10-15-12(2)25-18(20-15)14-7-5-4-6-8-14/h4-9H,10H2,1-3H3. The van der Waals surface area contributed by atoms with Crippen molar-refractivity contribution in [2.45, 2.75) is 27.4 Å². The smallest absolute Gasteiger partial charge is 0.342 e. The van der Waals surface area contributed by atoms with E-state index >= 15 is 0 Å². The van der Waals surface area contributed by atoms with Gasteiger partial charge in [-0.2, -0.15) is 0 Å². The first-order chi connectivity index (χ1) is 12.0. The summed E-state index contributed by atoms with van der Waals surface area (Å²) in [5.74, 6) is 0.723. The average Bonchev–Trinajstić information content (AvgIpc) is 2.94. The number of carbonyl (C=O) groups excluding carboxylic acids is 1. The third kappa shape index (κ3) is 3.52. The van der Waals surface area contributed by atoms with Gasteiger partial charge in [-0.3, -0.25) is 0 Å². The van der Waals surface area contributed by atoms with Crippen molar-refractivity contribution in [2.24, 2.45) is 0 Å². The second-order valence-electron chi connectivity index (χ2n) is 5.64. The quantitative estimate of drug-likeness (QED) is 0.676. The average molecular weight is 339 g/mol. The largest absolute Gasteiger partial charge is 0.455 e. The number of carbonyl (C=O) groups is 1. The van der Waals surface area contributed by atoms with Gasteiger partial charge in [-0.1, -0.05) is 18.2 Å². The molecule has 2 heterocycles. The highest BCUT2D eigenvalue weighted by atomic mass is 16.5. The maximum absolute atomic E-state index is 12.3. The Labute approximate surface area is 144 Å². The van der Waals surface area contributed by atoms with Crippen LogP contribution in [0.15, 0.2) is 50.0 Å². The molecule has 0 saturated heterocycles. The molecule has 3 rings (SSSR count). The van der Waals surface area contributed by atoms with Gasteiger partial charge in [0.1, 0.15) is 29.4 Å². The molecule has 0 aliphatic carbocycles. The molecule has 0 atom stereocenters. The first-order valence-corrected chi connectivity index (χ1v) is 7.76. The molecule has 0 spiro atoms. The number of oxazole rings is 1. The van der Waals surface area contributed by atoms with Crippen molar-refractivity contribution >= 4 is 5.97 Å². The number of ether oxygens (including phenoxy) is 1. The summed E-state index contributed by atoms with van der Waals surface area (Å²) >= 11 is 0. The summed E-state index contributed by atoms with van der Waals surface area (Å²) in [6.07, 6.45) is 0. The minimum absolute atomic E-state index is 0.0288. The van der Waals surface area contributed by atoms with Gasteiger partial charge in [-0.25, -0.2) is 14.6 Å². The molecule has 6 nitrogen and oxygen atoms in total. The van der Waals surface area contributed by atoms with Crippen LogP contribution in [0.1, 0.15) is 33.1 Å². The van der Waals surface area contributed by atoms with Gasteiger partial charge in [0, 0.05) is 11.6 Å². The Morgan fingerprint density at radius 2 is 1.80 bits per heavy atom. The van der Waals surface area contributed by atoms with E-state index in [0.717, 1.165) is 5.56 Å². The summed E-state index contributed by atoms with van der Waals surface area (Å²) in [4.78, 5) is 28.0. The molecule has 0 amide bonds. The predicted molar refractivity (Wildman–Crippen MR) is 90.2 cm³/mol. The molecule has 25 heavy (non-hydrogen) atoms. The van der Waals surface area contributed by atoms with Crippen molar-refractivity contribution in [1.29, 1.82) is 0 Å². The van der Waals surface area contributed by atoms with E-state index in [1.807, 2.05) is 30.3 Å². The number of benzene rings is 1. The Morgan fingerprint density at radius 1 is 1.08 bits per heavy atom. The number of nitrogens with zero attached hydrogens (tertiary/aromatic N) is 1. The topological polar surface area (TPSA) is 82.5 Å². The number of hydrogen-bond donors (Lipinski definition) is 0. The van der Waals surface area contributed by atoms with E-state index in [1.165, 1.54) is 6.07 Å². The molecule has 0 radical (unpaired) electrons. The molecule has 0 bridgehead atoms. The first kappa shape index (κ1) is 16.7. The zero-order valence-electron chi connectivity index (χ0n) is 14.2. The predicted octanol–water partition coefficient (Wildman–Crippen LogP) is 3.58. The summed E-state index contributed by atoms with van der Waals surface area (Å²) in [5.41, 5.74) is 1.66. The van der Waals surface area contributed by atoms with Crippen LogP contribution in [0.25, 0.3) is 11.5 Å². The van der Waals surface area contributed by atoms with E-state index in [2.05, 4.69) is 4.98 Å². The number of esters is 1. The van der Waals surface area contributed by atoms with Crippen molar-refractivity contribution < 1.29 is 18.4 Å². The Kier molecular flexibility index (Phi) is 4.52. The van der Waals surface area contributed by atoms with Gasteiger partial charge >= 0.3 is 11.6 Å². The van der Waals surface area contributed by atoms with Gasteiger partial charge in [-0.05, 0) is 38.5 Å². The minimum Gasteiger partial charge on any atom is -0.455 e. The van der Waals surface area contributed by atoms with Gasteiger partial charge < -0.3 is 13.6 Å². The molecule has 0 aliphatic rings. The molecule has 0 saturated carbocycles. The summed E-state index contributed by atoms with van der Waals surface area (Å²) in [6.45, 7) is 4.95. The van der Waals surface area contributed by atoms with Gasteiger partial charge in [0.05, 0.1) is 0 Å². The lowest BCUT2D eigenvalue weighted by Crippen LogP contribution is -2.13. The third-order valence-corrected chi connectivity index (χ3v) is 3.79. The Balaban J connectivity index is 1.77. The number of aromatic nitrogens is 1. The zero-order valence-corrected chi connectivity index (χ0v) is 14.2. The molecular weight excluding hydrogens is 322 g/mol. The normalized spacial score (nSPS) is 10.7. The fraction of sp³-hybridized carbons (Fsp3) is 0.211. The summed E-state index contributed by atoms with van der Waals surface area (Å²) in [6, 6.07) is 10.7. The van der Waals surface area contributed by atoms with Crippen LogP contribution in [-0.4, -0.2) is 11.0 Å². The lowest BCUT2D eigenvalue weighted by atomic mass is 10.1. The van der Waals surface area contributed by atoms with Gasteiger partial charge in [0.25, 0.3) is 0 Å². The molecule has 0 unspecified atom stereocenters. The highest BCUT2D eigenvalue weighted by Gasteiger charge is 2.19. The van der Waals surface area contributed by atoms with Crippen molar-refractivity contribution in [3.05, 3.63) is 75.2 Å². The first-order valence-electron chi connectivity index (χ1n) is 7.76. The maximum Gasteiger partial charge on any atom is 0.342 e. The number of aryl methyl sites for hydroxylation is 3. The Hall–Kier alpha value is -3.15. The molecular formula is C19H17NO5. The molecule has 2 aromatic heterocycles. The molecule has 3 aromatic rings. The van der Waals surface area contributed by atoms with Crippen LogP contribution in [0.3, 0.4) is 0 Å². The van der Waals surface area contributed by atoms with Crippen LogP contribution >= 0.6 is 0 Å². The summed E-state index contributed by atoms with van der Waals surface area (Å²) < 4.78 is 15.9. The van der Waals surface area contributed by atoms with E-state index < -0.39 is 11.6 Å². The fourth-order valence-corrected chi connectivity index (χ4v) is 2.53. The maximum atomic E-state index is 12.3. The van der Waals surface area contributed by atoms with Crippen LogP contribution in [0.2, 0.25) is 0 Å². The minimum atomic E-state index is -0.567. The van der Waals surface area contributed by atoms with Crippen LogP contribution in [0.5, 0.6) is 0 Å². The summed E-state index contributed by atoms with van der Waals surface area (Å²) in [7, 11) is 0. The highest BCUT2D eigenvalue weighted by Crippen LogP contribution is 2.22. The third-order valence-electron chi connectivity index (χ3n) is 3.79. The van der Waals surface area contributed by atoms with Crippen molar-refractivity contribution in [1.82, 2.24) is 4.98 Å². The second kappa shape index (κ2) is 6.76. The van der Waals surface area contributed by atoms with Gasteiger partial charge in [-0.15, -0.1) is 0 Å². The molecule has 128 valence electrons. The lowest BCUT2D eigenvalue weighted by molar-refractivity contribution is 0.0461. The summed E-state index contributed by atoms with van der Waals surface area (Å²) in [5, 5.41) is 0. The zero-order chi connectivity index (χ0) is 18.0. The van der Waals surface area contributed by atoms with Gasteiger partial charge in [0.15, 0.2) is 0 Å². The van der Waals surface area contributed by atoms with Crippen molar-refractivity contribution in [2.75, 3.05) is 0 Å². The number of hydrogen-bond acceptors (Lipinski definition) is 6. The molecule has 0 N–H and O–H groups in total. The Bertz CT molecular complexity index is 943. The van der Waals surface area contributed by atoms with Crippen LogP contribution in [-0.2, 0) is 11.3 Å². The highest BCUT2D eigenvalue weighted by molar-refractivity contribution is 5.91. The molecule has 6 heteroatoms. The van der Waals surface area contributed by atoms with E-state index in [9.17, 15) is 9.59 Å². The monoisotopic (exact) mass is 339 g/mol. The Morgan fingerprint density at radius 3 is 2.48 bits per heavy atom. The van der Waals surface area contributed by atoms with E-state index in [0.29, 0.717) is 22.9 Å². The fourth-order valence-electron chi connectivity index (χ4n) is 2.53. The van der Waals surface area contributed by atoms with Crippen molar-refractivity contribution in [3.8, 4) is 11.5 Å². The number of rotatable bonds is 4. The van der Waals surface area contributed by atoms with E-state index in [1.54, 1.807) is 20.8 Å². The molecule has 0 aliphatic heterocycles. The lowest BCUT2D eigenvalue weighted by Gasteiger charge is -2.07. The van der Waals surface area contributed by atoms with E-state index in [-0.39, 0.29) is 17.9 Å². The van der Waals surface area contributed by atoms with Crippen molar-refractivity contribution in [3.63, 3.8) is 0 Å². The van der Waals surface area contributed by atoms with Gasteiger partial charge in [0.2, 0.25) is 5.89 Å². The van der Waals surface area contributed by atoms with Crippen LogP contribution in [0.4, 0.5) is 0 Å². The molecule has 0 fully saturated rings. The van der Waals surface area contributed by atoms with Crippen LogP contribution < -0.4 is 5.63 Å².